The molecule has 3 rings (SSSR count). The van der Waals surface area contributed by atoms with E-state index in [1.165, 1.54) is 12.0 Å². The highest BCUT2D eigenvalue weighted by Crippen LogP contribution is 2.25. The van der Waals surface area contributed by atoms with E-state index in [2.05, 4.69) is 5.32 Å². The molecule has 1 N–H and O–H groups in total. The minimum Gasteiger partial charge on any atom is -0.467 e. The normalized spacial score (nSPS) is 26.0. The molecule has 8 nitrogen and oxygen atoms in total. The first-order chi connectivity index (χ1) is 15.4. The third-order valence-electron chi connectivity index (χ3n) is 5.72. The number of benzene rings is 1. The van der Waals surface area contributed by atoms with Gasteiger partial charge in [-0.3, -0.25) is 4.79 Å². The largest absolute Gasteiger partial charge is 0.467 e. The van der Waals surface area contributed by atoms with Crippen LogP contribution in [0, 0.1) is 5.92 Å². The zero-order valence-electron chi connectivity index (χ0n) is 18.9. The van der Waals surface area contributed by atoms with Crippen LogP contribution in [0.2, 0.25) is 0 Å². The number of carbonyl (C=O) groups is 3. The molecule has 3 atom stereocenters. The Morgan fingerprint density at radius 3 is 2.84 bits per heavy atom. The second-order valence-corrected chi connectivity index (χ2v) is 8.49. The number of amides is 2. The fraction of sp³-hybridized carbons (Fsp3) is 0.542. The van der Waals surface area contributed by atoms with Crippen LogP contribution in [-0.4, -0.2) is 61.3 Å². The summed E-state index contributed by atoms with van der Waals surface area (Å²) in [7, 11) is 1.30. The van der Waals surface area contributed by atoms with Gasteiger partial charge in [0.05, 0.1) is 26.4 Å². The molecule has 174 valence electrons. The number of methoxy groups -OCH3 is 1. The topological polar surface area (TPSA) is 94.2 Å². The van der Waals surface area contributed by atoms with Gasteiger partial charge in [0, 0.05) is 13.0 Å². The van der Waals surface area contributed by atoms with E-state index in [1.807, 2.05) is 50.3 Å². The summed E-state index contributed by atoms with van der Waals surface area (Å²) in [5.41, 5.74) is 2.07. The van der Waals surface area contributed by atoms with Gasteiger partial charge in [0.15, 0.2) is 0 Å². The Hall–Kier alpha value is -2.87. The lowest BCUT2D eigenvalue weighted by molar-refractivity contribution is -0.151. The number of nitrogens with one attached hydrogen (secondary N) is 1. The van der Waals surface area contributed by atoms with Crippen LogP contribution in [0.5, 0.6) is 0 Å². The highest BCUT2D eigenvalue weighted by atomic mass is 16.5. The van der Waals surface area contributed by atoms with Gasteiger partial charge < -0.3 is 24.4 Å². The van der Waals surface area contributed by atoms with Crippen molar-refractivity contribution < 1.29 is 28.6 Å². The SMILES string of the molecule is COC(=O)[C@@H]1C[C@@H]2CN1C(=O)[C@H](C(C)C)NC(=O)OCCC/C=C\c1cccc(c1)CO2. The highest BCUT2D eigenvalue weighted by molar-refractivity contribution is 5.90. The maximum atomic E-state index is 13.3. The fourth-order valence-electron chi connectivity index (χ4n) is 3.97. The summed E-state index contributed by atoms with van der Waals surface area (Å²) in [5, 5.41) is 2.67. The third-order valence-corrected chi connectivity index (χ3v) is 5.72. The number of carbonyl (C=O) groups excluding carboxylic acids is 3. The lowest BCUT2D eigenvalue weighted by Crippen LogP contribution is -2.54. The van der Waals surface area contributed by atoms with Gasteiger partial charge in [-0.2, -0.15) is 0 Å². The minimum atomic E-state index is -0.816. The molecule has 0 spiro atoms. The zero-order chi connectivity index (χ0) is 23.1. The molecule has 2 aliphatic heterocycles. The summed E-state index contributed by atoms with van der Waals surface area (Å²) in [6.07, 6.45) is 4.89. The molecular weight excluding hydrogens is 412 g/mol. The molecule has 2 heterocycles. The maximum Gasteiger partial charge on any atom is 0.407 e. The number of hydrogen-bond donors (Lipinski definition) is 1. The Morgan fingerprint density at radius 1 is 1.28 bits per heavy atom. The van der Waals surface area contributed by atoms with E-state index in [4.69, 9.17) is 14.2 Å². The van der Waals surface area contributed by atoms with Crippen LogP contribution in [0.1, 0.15) is 44.2 Å². The van der Waals surface area contributed by atoms with Crippen molar-refractivity contribution in [3.05, 3.63) is 41.5 Å². The summed E-state index contributed by atoms with van der Waals surface area (Å²) < 4.78 is 16.3. The molecular formula is C24H32N2O6. The van der Waals surface area contributed by atoms with E-state index in [0.29, 0.717) is 19.4 Å². The predicted molar refractivity (Wildman–Crippen MR) is 119 cm³/mol. The smallest absolute Gasteiger partial charge is 0.407 e. The Kier molecular flexibility index (Phi) is 8.27. The number of rotatable bonds is 2. The van der Waals surface area contributed by atoms with Crippen LogP contribution in [-0.2, 0) is 30.4 Å². The second kappa shape index (κ2) is 11.1. The zero-order valence-corrected chi connectivity index (χ0v) is 18.9. The molecule has 8 heteroatoms. The Bertz CT molecular complexity index is 853. The van der Waals surface area contributed by atoms with Gasteiger partial charge in [-0.15, -0.1) is 0 Å². The summed E-state index contributed by atoms with van der Waals surface area (Å²) in [4.78, 5) is 39.5. The van der Waals surface area contributed by atoms with Crippen LogP contribution >= 0.6 is 0 Å². The summed E-state index contributed by atoms with van der Waals surface area (Å²) in [6.45, 7) is 4.55. The molecule has 1 aromatic carbocycles. The van der Waals surface area contributed by atoms with Gasteiger partial charge in [-0.05, 0) is 36.0 Å². The summed E-state index contributed by atoms with van der Waals surface area (Å²) in [5.74, 6) is -1.03. The first-order valence-electron chi connectivity index (χ1n) is 11.1. The van der Waals surface area contributed by atoms with Crippen molar-refractivity contribution >= 4 is 24.0 Å². The van der Waals surface area contributed by atoms with Crippen molar-refractivity contribution in [2.24, 2.45) is 5.92 Å². The standard InChI is InChI=1S/C24H32N2O6/c1-16(2)21-22(27)26-14-19(13-20(26)23(28)30-3)32-15-18-10-7-9-17(12-18)8-5-4-6-11-31-24(29)25-21/h5,7-10,12,16,19-21H,4,6,11,13-15H2,1-3H3,(H,25,29)/b8-5-/t19-,20+,21+/m1/s1. The number of esters is 1. The third kappa shape index (κ3) is 6.09. The monoisotopic (exact) mass is 444 g/mol. The van der Waals surface area contributed by atoms with Gasteiger partial charge in [-0.1, -0.05) is 44.2 Å². The number of nitrogens with zero attached hydrogens (tertiary/aromatic N) is 1. The Labute approximate surface area is 188 Å². The van der Waals surface area contributed by atoms with Gasteiger partial charge in [0.1, 0.15) is 12.1 Å². The molecule has 0 unspecified atom stereocenters. The van der Waals surface area contributed by atoms with E-state index in [1.54, 1.807) is 0 Å². The Morgan fingerprint density at radius 2 is 2.09 bits per heavy atom. The van der Waals surface area contributed by atoms with Gasteiger partial charge in [0.2, 0.25) is 5.91 Å². The van der Waals surface area contributed by atoms with Gasteiger partial charge >= 0.3 is 12.1 Å². The second-order valence-electron chi connectivity index (χ2n) is 8.49. The minimum absolute atomic E-state index is 0.190. The predicted octanol–water partition coefficient (Wildman–Crippen LogP) is 2.90. The van der Waals surface area contributed by atoms with E-state index < -0.39 is 24.1 Å². The van der Waals surface area contributed by atoms with Crippen molar-refractivity contribution in [3.63, 3.8) is 0 Å². The number of ether oxygens (including phenoxy) is 3. The number of allylic oxidation sites excluding steroid dienone is 1. The van der Waals surface area contributed by atoms with Crippen LogP contribution < -0.4 is 5.32 Å². The van der Waals surface area contributed by atoms with Crippen molar-refractivity contribution in [2.45, 2.75) is 57.9 Å². The number of cyclic esters (lactones) is 1. The molecule has 1 fully saturated rings. The molecule has 2 amide bonds. The molecule has 0 saturated carbocycles. The molecule has 1 aromatic rings. The fourth-order valence-corrected chi connectivity index (χ4v) is 3.97. The van der Waals surface area contributed by atoms with E-state index in [0.717, 1.165) is 17.5 Å². The van der Waals surface area contributed by atoms with Crippen LogP contribution in [0.3, 0.4) is 0 Å². The van der Waals surface area contributed by atoms with Crippen molar-refractivity contribution in [1.29, 1.82) is 0 Å². The van der Waals surface area contributed by atoms with Gasteiger partial charge in [-0.25, -0.2) is 9.59 Å². The average molecular weight is 445 g/mol. The van der Waals surface area contributed by atoms with Crippen LogP contribution in [0.15, 0.2) is 30.3 Å². The van der Waals surface area contributed by atoms with E-state index >= 15 is 0 Å². The summed E-state index contributed by atoms with van der Waals surface area (Å²) >= 11 is 0. The van der Waals surface area contributed by atoms with Crippen molar-refractivity contribution in [3.8, 4) is 0 Å². The maximum absolute atomic E-state index is 13.3. The van der Waals surface area contributed by atoms with E-state index in [-0.39, 0.29) is 31.1 Å². The van der Waals surface area contributed by atoms with Crippen molar-refractivity contribution in [2.75, 3.05) is 20.3 Å². The molecule has 32 heavy (non-hydrogen) atoms. The lowest BCUT2D eigenvalue weighted by atomic mass is 10.0. The summed E-state index contributed by atoms with van der Waals surface area (Å²) in [6, 6.07) is 6.45. The first kappa shape index (κ1) is 23.8. The molecule has 0 aliphatic carbocycles. The number of hydrogen-bond acceptors (Lipinski definition) is 6. The highest BCUT2D eigenvalue weighted by Gasteiger charge is 2.43. The quantitative estimate of drug-likeness (QED) is 0.705. The van der Waals surface area contributed by atoms with Crippen LogP contribution in [0.25, 0.3) is 6.08 Å². The average Bonchev–Trinajstić information content (AvgIpc) is 3.21. The number of fused-ring (bicyclic) bond motifs is 4. The molecule has 2 aliphatic rings. The first-order valence-corrected chi connectivity index (χ1v) is 11.1. The van der Waals surface area contributed by atoms with Crippen molar-refractivity contribution in [1.82, 2.24) is 10.2 Å². The molecule has 0 aromatic heterocycles. The molecule has 4 bridgehead atoms. The lowest BCUT2D eigenvalue weighted by Gasteiger charge is -2.29. The number of alkyl carbamates (subject to hydrolysis) is 1. The van der Waals surface area contributed by atoms with Crippen LogP contribution in [0.4, 0.5) is 4.79 Å². The van der Waals surface area contributed by atoms with E-state index in [9.17, 15) is 14.4 Å². The van der Waals surface area contributed by atoms with Gasteiger partial charge in [0.25, 0.3) is 0 Å². The molecule has 0 radical (unpaired) electrons. The molecule has 1 saturated heterocycles. The Balaban J connectivity index is 1.85.